The summed E-state index contributed by atoms with van der Waals surface area (Å²) in [5, 5.41) is 0. The maximum atomic E-state index is 12.9. The van der Waals surface area contributed by atoms with Crippen molar-refractivity contribution in [2.75, 3.05) is 5.73 Å². The van der Waals surface area contributed by atoms with Gasteiger partial charge in [-0.25, -0.2) is 0 Å². The summed E-state index contributed by atoms with van der Waals surface area (Å²) >= 11 is 0. The SMILES string of the molecule is CC1(c2cccc(N)c2)CC(C(F)(F)F)CC(N)=N1.S. The van der Waals surface area contributed by atoms with Crippen LogP contribution in [0.3, 0.4) is 0 Å². The first-order chi connectivity index (χ1) is 8.71. The Morgan fingerprint density at radius 2 is 1.95 bits per heavy atom. The van der Waals surface area contributed by atoms with Crippen molar-refractivity contribution < 1.29 is 13.2 Å². The largest absolute Gasteiger partial charge is 0.399 e. The monoisotopic (exact) mass is 305 g/mol. The van der Waals surface area contributed by atoms with Crippen LogP contribution in [0, 0.1) is 5.92 Å². The molecule has 0 bridgehead atoms. The van der Waals surface area contributed by atoms with Gasteiger partial charge in [0.2, 0.25) is 0 Å². The highest BCUT2D eigenvalue weighted by molar-refractivity contribution is 7.59. The highest BCUT2D eigenvalue weighted by atomic mass is 32.1. The van der Waals surface area contributed by atoms with E-state index >= 15 is 0 Å². The summed E-state index contributed by atoms with van der Waals surface area (Å²) in [6.07, 6.45) is -4.61. The van der Waals surface area contributed by atoms with Crippen LogP contribution in [0.5, 0.6) is 0 Å². The third kappa shape index (κ3) is 3.39. The molecule has 1 aromatic rings. The minimum atomic E-state index is -4.26. The molecule has 0 radical (unpaired) electrons. The minimum absolute atomic E-state index is 0. The van der Waals surface area contributed by atoms with Crippen molar-refractivity contribution in [1.29, 1.82) is 0 Å². The number of hydrogen-bond donors (Lipinski definition) is 2. The van der Waals surface area contributed by atoms with Gasteiger partial charge < -0.3 is 11.5 Å². The van der Waals surface area contributed by atoms with E-state index in [9.17, 15) is 13.2 Å². The maximum absolute atomic E-state index is 12.9. The maximum Gasteiger partial charge on any atom is 0.392 e. The third-order valence-corrected chi connectivity index (χ3v) is 3.46. The molecule has 2 rings (SSSR count). The van der Waals surface area contributed by atoms with Crippen LogP contribution in [0.15, 0.2) is 29.3 Å². The predicted molar refractivity (Wildman–Crippen MR) is 79.0 cm³/mol. The average Bonchev–Trinajstić information content (AvgIpc) is 2.26. The fourth-order valence-corrected chi connectivity index (χ4v) is 2.50. The smallest absolute Gasteiger partial charge is 0.392 e. The van der Waals surface area contributed by atoms with E-state index in [1.165, 1.54) is 0 Å². The van der Waals surface area contributed by atoms with Crippen molar-refractivity contribution in [2.24, 2.45) is 16.6 Å². The van der Waals surface area contributed by atoms with E-state index in [2.05, 4.69) is 4.99 Å². The van der Waals surface area contributed by atoms with E-state index in [1.807, 2.05) is 0 Å². The average molecular weight is 305 g/mol. The molecule has 20 heavy (non-hydrogen) atoms. The highest BCUT2D eigenvalue weighted by Gasteiger charge is 2.47. The predicted octanol–water partition coefficient (Wildman–Crippen LogP) is 2.93. The topological polar surface area (TPSA) is 64.4 Å². The van der Waals surface area contributed by atoms with Crippen LogP contribution < -0.4 is 11.5 Å². The fraction of sp³-hybridized carbons (Fsp3) is 0.462. The van der Waals surface area contributed by atoms with Gasteiger partial charge >= 0.3 is 6.18 Å². The zero-order valence-corrected chi connectivity index (χ0v) is 12.0. The molecule has 0 fully saturated rings. The van der Waals surface area contributed by atoms with Gasteiger partial charge in [0.25, 0.3) is 0 Å². The molecule has 0 aliphatic carbocycles. The summed E-state index contributed by atoms with van der Waals surface area (Å²) in [5.74, 6) is -1.42. The molecular weight excluding hydrogens is 287 g/mol. The Morgan fingerprint density at radius 1 is 1.30 bits per heavy atom. The normalized spacial score (nSPS) is 26.6. The van der Waals surface area contributed by atoms with Crippen LogP contribution in [-0.2, 0) is 5.54 Å². The Kier molecular flexibility index (Phi) is 4.63. The lowest BCUT2D eigenvalue weighted by Gasteiger charge is -2.36. The second-order valence-corrected chi connectivity index (χ2v) is 5.15. The molecule has 0 spiro atoms. The summed E-state index contributed by atoms with van der Waals surface area (Å²) in [7, 11) is 0. The number of alkyl halides is 3. The molecule has 0 amide bonds. The number of halogens is 3. The zero-order valence-electron chi connectivity index (χ0n) is 11.0. The van der Waals surface area contributed by atoms with E-state index in [4.69, 9.17) is 11.5 Å². The molecule has 1 aliphatic heterocycles. The Balaban J connectivity index is 0.00000200. The lowest BCUT2D eigenvalue weighted by molar-refractivity contribution is -0.179. The van der Waals surface area contributed by atoms with Crippen LogP contribution >= 0.6 is 13.5 Å². The van der Waals surface area contributed by atoms with Gasteiger partial charge in [-0.05, 0) is 31.0 Å². The van der Waals surface area contributed by atoms with Gasteiger partial charge in [0.1, 0.15) is 0 Å². The molecule has 1 heterocycles. The van der Waals surface area contributed by atoms with Gasteiger partial charge in [-0.3, -0.25) is 4.99 Å². The second kappa shape index (κ2) is 5.55. The van der Waals surface area contributed by atoms with E-state index in [0.717, 1.165) is 0 Å². The number of nitrogens with zero attached hydrogens (tertiary/aromatic N) is 1. The van der Waals surface area contributed by atoms with E-state index in [-0.39, 0.29) is 32.2 Å². The zero-order chi connectivity index (χ0) is 14.3. The number of anilines is 1. The van der Waals surface area contributed by atoms with Gasteiger partial charge in [0.05, 0.1) is 17.3 Å². The molecule has 2 unspecified atom stereocenters. The summed E-state index contributed by atoms with van der Waals surface area (Å²) in [5.41, 5.74) is 11.5. The first kappa shape index (κ1) is 16.7. The number of amidine groups is 1. The van der Waals surface area contributed by atoms with E-state index < -0.39 is 17.6 Å². The van der Waals surface area contributed by atoms with Gasteiger partial charge in [0.15, 0.2) is 0 Å². The van der Waals surface area contributed by atoms with E-state index in [0.29, 0.717) is 11.3 Å². The van der Waals surface area contributed by atoms with Crippen LogP contribution in [0.4, 0.5) is 18.9 Å². The van der Waals surface area contributed by atoms with Crippen molar-refractivity contribution in [1.82, 2.24) is 0 Å². The lowest BCUT2D eigenvalue weighted by Crippen LogP contribution is -2.40. The molecule has 3 nitrogen and oxygen atoms in total. The van der Waals surface area contributed by atoms with Crippen LogP contribution in [0.25, 0.3) is 0 Å². The van der Waals surface area contributed by atoms with Crippen molar-refractivity contribution in [2.45, 2.75) is 31.5 Å². The van der Waals surface area contributed by atoms with Crippen LogP contribution in [0.1, 0.15) is 25.3 Å². The molecule has 1 aliphatic rings. The molecule has 4 N–H and O–H groups in total. The molecule has 2 atom stereocenters. The molecule has 112 valence electrons. The van der Waals surface area contributed by atoms with Crippen molar-refractivity contribution in [3.8, 4) is 0 Å². The van der Waals surface area contributed by atoms with Gasteiger partial charge in [0, 0.05) is 12.1 Å². The van der Waals surface area contributed by atoms with Gasteiger partial charge in [-0.2, -0.15) is 26.7 Å². The van der Waals surface area contributed by atoms with Crippen molar-refractivity contribution in [3.05, 3.63) is 29.8 Å². The highest BCUT2D eigenvalue weighted by Crippen LogP contribution is 2.43. The van der Waals surface area contributed by atoms with Crippen LogP contribution in [0.2, 0.25) is 0 Å². The quantitative estimate of drug-likeness (QED) is 0.784. The lowest BCUT2D eigenvalue weighted by atomic mass is 9.79. The summed E-state index contributed by atoms with van der Waals surface area (Å²) in [6.45, 7) is 1.66. The number of aliphatic imine (C=N–C) groups is 1. The Labute approximate surface area is 122 Å². The molecule has 1 aromatic carbocycles. The summed E-state index contributed by atoms with van der Waals surface area (Å²) in [6, 6.07) is 6.77. The van der Waals surface area contributed by atoms with Crippen LogP contribution in [-0.4, -0.2) is 12.0 Å². The first-order valence-electron chi connectivity index (χ1n) is 5.98. The standard InChI is InChI=1S/C13H16F3N3.H2S/c1-12(8-3-2-4-10(17)5-8)7-9(13(14,15)16)6-11(18)19-12;/h2-5,9H,6-7,17H2,1H3,(H2,18,19);1H2. The first-order valence-corrected chi connectivity index (χ1v) is 5.98. The van der Waals surface area contributed by atoms with Gasteiger partial charge in [-0.15, -0.1) is 0 Å². The number of nitrogen functional groups attached to an aromatic ring is 1. The minimum Gasteiger partial charge on any atom is -0.399 e. The molecule has 7 heteroatoms. The number of benzene rings is 1. The third-order valence-electron chi connectivity index (χ3n) is 3.46. The fourth-order valence-electron chi connectivity index (χ4n) is 2.50. The molecule has 0 aromatic heterocycles. The molecular formula is C13H18F3N3S. The van der Waals surface area contributed by atoms with Crippen molar-refractivity contribution >= 4 is 25.0 Å². The number of rotatable bonds is 1. The van der Waals surface area contributed by atoms with Gasteiger partial charge in [-0.1, -0.05) is 12.1 Å². The van der Waals surface area contributed by atoms with Crippen molar-refractivity contribution in [3.63, 3.8) is 0 Å². The Morgan fingerprint density at radius 3 is 2.50 bits per heavy atom. The molecule has 0 saturated heterocycles. The molecule has 0 saturated carbocycles. The van der Waals surface area contributed by atoms with E-state index in [1.54, 1.807) is 31.2 Å². The summed E-state index contributed by atoms with van der Waals surface area (Å²) < 4.78 is 38.8. The number of nitrogens with two attached hydrogens (primary N) is 2. The number of hydrogen-bond acceptors (Lipinski definition) is 3. The Bertz CT molecular complexity index is 516. The second-order valence-electron chi connectivity index (χ2n) is 5.15. The Hall–Kier alpha value is -1.37. The summed E-state index contributed by atoms with van der Waals surface area (Å²) in [4.78, 5) is 4.23.